The van der Waals surface area contributed by atoms with Crippen LogP contribution in [0.4, 0.5) is 0 Å². The fourth-order valence-corrected chi connectivity index (χ4v) is 2.50. The van der Waals surface area contributed by atoms with E-state index in [0.29, 0.717) is 6.04 Å². The Morgan fingerprint density at radius 2 is 1.92 bits per heavy atom. The molecular weight excluding hydrogens is 150 g/mol. The molecule has 0 aromatic heterocycles. The Hall–Kier alpha value is -0.0800. The van der Waals surface area contributed by atoms with Crippen LogP contribution in [0.25, 0.3) is 0 Å². The van der Waals surface area contributed by atoms with E-state index in [1.165, 1.54) is 38.8 Å². The first-order chi connectivity index (χ1) is 5.70. The van der Waals surface area contributed by atoms with E-state index in [0.717, 1.165) is 6.42 Å². The summed E-state index contributed by atoms with van der Waals surface area (Å²) in [6.07, 6.45) is 6.23. The minimum atomic E-state index is -0.378. The van der Waals surface area contributed by atoms with Gasteiger partial charge < -0.3 is 5.11 Å². The fourth-order valence-electron chi connectivity index (χ4n) is 2.50. The highest BCUT2D eigenvalue weighted by atomic mass is 16.3. The van der Waals surface area contributed by atoms with E-state index in [9.17, 15) is 5.11 Å². The lowest BCUT2D eigenvalue weighted by Crippen LogP contribution is -2.59. The van der Waals surface area contributed by atoms with Crippen molar-refractivity contribution in [2.24, 2.45) is 0 Å². The molecule has 1 heterocycles. The molecule has 0 spiro atoms. The summed E-state index contributed by atoms with van der Waals surface area (Å²) in [6.45, 7) is 4.40. The van der Waals surface area contributed by atoms with Gasteiger partial charge in [-0.2, -0.15) is 0 Å². The molecule has 1 N–H and O–H groups in total. The zero-order valence-corrected chi connectivity index (χ0v) is 7.92. The Balaban J connectivity index is 1.91. The molecule has 2 rings (SSSR count). The third-order valence-electron chi connectivity index (χ3n) is 3.47. The van der Waals surface area contributed by atoms with Crippen molar-refractivity contribution in [3.63, 3.8) is 0 Å². The van der Waals surface area contributed by atoms with Gasteiger partial charge in [-0.15, -0.1) is 0 Å². The molecule has 70 valence electrons. The first kappa shape index (κ1) is 8.52. The average molecular weight is 169 g/mol. The molecule has 0 radical (unpaired) electrons. The number of rotatable bonds is 1. The molecule has 1 saturated carbocycles. The second-order valence-electron chi connectivity index (χ2n) is 4.51. The Kier molecular flexibility index (Phi) is 2.13. The highest BCUT2D eigenvalue weighted by Crippen LogP contribution is 2.36. The average Bonchev–Trinajstić information content (AvgIpc) is 2.05. The van der Waals surface area contributed by atoms with Crippen molar-refractivity contribution in [3.05, 3.63) is 0 Å². The molecular formula is C10H19NO. The van der Waals surface area contributed by atoms with E-state index in [-0.39, 0.29) is 5.60 Å². The van der Waals surface area contributed by atoms with Gasteiger partial charge in [-0.1, -0.05) is 6.42 Å². The maximum atomic E-state index is 9.88. The maximum absolute atomic E-state index is 9.88. The largest absolute Gasteiger partial charge is 0.389 e. The zero-order valence-electron chi connectivity index (χ0n) is 7.92. The lowest BCUT2D eigenvalue weighted by molar-refractivity contribution is -0.107. The number of nitrogens with zero attached hydrogens (tertiary/aromatic N) is 1. The third-order valence-corrected chi connectivity index (χ3v) is 3.47. The summed E-state index contributed by atoms with van der Waals surface area (Å²) in [5, 5.41) is 9.88. The summed E-state index contributed by atoms with van der Waals surface area (Å²) in [5.74, 6) is 0. The van der Waals surface area contributed by atoms with Gasteiger partial charge in [0.25, 0.3) is 0 Å². The number of aliphatic hydroxyl groups is 1. The summed E-state index contributed by atoms with van der Waals surface area (Å²) in [7, 11) is 0. The van der Waals surface area contributed by atoms with Gasteiger partial charge in [0.05, 0.1) is 5.60 Å². The van der Waals surface area contributed by atoms with E-state index in [1.54, 1.807) is 0 Å². The van der Waals surface area contributed by atoms with Crippen molar-refractivity contribution < 1.29 is 5.11 Å². The van der Waals surface area contributed by atoms with Crippen LogP contribution in [0.1, 0.15) is 39.0 Å². The molecule has 2 heteroatoms. The van der Waals surface area contributed by atoms with Gasteiger partial charge in [0.2, 0.25) is 0 Å². The number of hydrogen-bond donors (Lipinski definition) is 1. The molecule has 0 amide bonds. The van der Waals surface area contributed by atoms with Crippen molar-refractivity contribution >= 4 is 0 Å². The van der Waals surface area contributed by atoms with Gasteiger partial charge >= 0.3 is 0 Å². The Labute approximate surface area is 74.6 Å². The summed E-state index contributed by atoms with van der Waals surface area (Å²) < 4.78 is 0. The smallest absolute Gasteiger partial charge is 0.0774 e. The lowest BCUT2D eigenvalue weighted by Gasteiger charge is -2.50. The molecule has 0 aromatic rings. The molecule has 2 aliphatic rings. The standard InChI is InChI=1S/C10H19NO/c1-10(12)6-5-9(10)11-7-3-2-4-8-11/h9,12H,2-8H2,1H3/t9-,10-/m0/s1. The fraction of sp³-hybridized carbons (Fsp3) is 1.00. The van der Waals surface area contributed by atoms with Crippen LogP contribution < -0.4 is 0 Å². The highest BCUT2D eigenvalue weighted by molar-refractivity contribution is 4.99. The van der Waals surface area contributed by atoms with Crippen LogP contribution in [-0.2, 0) is 0 Å². The van der Waals surface area contributed by atoms with Crippen molar-refractivity contribution in [2.45, 2.75) is 50.7 Å². The zero-order chi connectivity index (χ0) is 8.60. The summed E-state index contributed by atoms with van der Waals surface area (Å²) in [5.41, 5.74) is -0.378. The van der Waals surface area contributed by atoms with Gasteiger partial charge in [0, 0.05) is 6.04 Å². The van der Waals surface area contributed by atoms with Crippen LogP contribution >= 0.6 is 0 Å². The minimum Gasteiger partial charge on any atom is -0.389 e. The van der Waals surface area contributed by atoms with Crippen molar-refractivity contribution in [2.75, 3.05) is 13.1 Å². The monoisotopic (exact) mass is 169 g/mol. The quantitative estimate of drug-likeness (QED) is 0.641. The van der Waals surface area contributed by atoms with Crippen LogP contribution in [-0.4, -0.2) is 34.7 Å². The molecule has 2 atom stereocenters. The van der Waals surface area contributed by atoms with Crippen LogP contribution in [0.3, 0.4) is 0 Å². The normalized spacial score (nSPS) is 44.0. The van der Waals surface area contributed by atoms with E-state index >= 15 is 0 Å². The first-order valence-electron chi connectivity index (χ1n) is 5.16. The summed E-state index contributed by atoms with van der Waals surface area (Å²) in [4.78, 5) is 2.48. The number of hydrogen-bond acceptors (Lipinski definition) is 2. The molecule has 1 aliphatic carbocycles. The predicted molar refractivity (Wildman–Crippen MR) is 49.1 cm³/mol. The molecule has 0 unspecified atom stereocenters. The van der Waals surface area contributed by atoms with Crippen LogP contribution in [0, 0.1) is 0 Å². The molecule has 0 bridgehead atoms. The van der Waals surface area contributed by atoms with Gasteiger partial charge in [0.15, 0.2) is 0 Å². The Morgan fingerprint density at radius 1 is 1.25 bits per heavy atom. The molecule has 2 fully saturated rings. The summed E-state index contributed by atoms with van der Waals surface area (Å²) >= 11 is 0. The number of likely N-dealkylation sites (tertiary alicyclic amines) is 1. The molecule has 1 aliphatic heterocycles. The van der Waals surface area contributed by atoms with Crippen LogP contribution in [0.5, 0.6) is 0 Å². The van der Waals surface area contributed by atoms with E-state index in [4.69, 9.17) is 0 Å². The Morgan fingerprint density at radius 3 is 2.33 bits per heavy atom. The maximum Gasteiger partial charge on any atom is 0.0774 e. The van der Waals surface area contributed by atoms with Crippen molar-refractivity contribution in [3.8, 4) is 0 Å². The van der Waals surface area contributed by atoms with Gasteiger partial charge in [-0.05, 0) is 45.7 Å². The van der Waals surface area contributed by atoms with E-state index in [1.807, 2.05) is 6.92 Å². The molecule has 1 saturated heterocycles. The van der Waals surface area contributed by atoms with Crippen molar-refractivity contribution in [1.82, 2.24) is 4.90 Å². The predicted octanol–water partition coefficient (Wildman–Crippen LogP) is 1.39. The van der Waals surface area contributed by atoms with Crippen molar-refractivity contribution in [1.29, 1.82) is 0 Å². The lowest BCUT2D eigenvalue weighted by atomic mass is 9.75. The van der Waals surface area contributed by atoms with Crippen LogP contribution in [0.2, 0.25) is 0 Å². The Bertz CT molecular complexity index is 161. The van der Waals surface area contributed by atoms with Crippen LogP contribution in [0.15, 0.2) is 0 Å². The van der Waals surface area contributed by atoms with E-state index in [2.05, 4.69) is 4.90 Å². The number of piperidine rings is 1. The first-order valence-corrected chi connectivity index (χ1v) is 5.16. The SMILES string of the molecule is C[C@]1(O)CC[C@@H]1N1CCCCC1. The second-order valence-corrected chi connectivity index (χ2v) is 4.51. The summed E-state index contributed by atoms with van der Waals surface area (Å²) in [6, 6.07) is 0.470. The van der Waals surface area contributed by atoms with Gasteiger partial charge in [-0.3, -0.25) is 4.90 Å². The molecule has 0 aromatic carbocycles. The molecule has 12 heavy (non-hydrogen) atoms. The van der Waals surface area contributed by atoms with Gasteiger partial charge in [0.1, 0.15) is 0 Å². The van der Waals surface area contributed by atoms with Gasteiger partial charge in [-0.25, -0.2) is 0 Å². The molecule has 2 nitrogen and oxygen atoms in total. The van der Waals surface area contributed by atoms with E-state index < -0.39 is 0 Å². The second kappa shape index (κ2) is 3.00. The highest BCUT2D eigenvalue weighted by Gasteiger charge is 2.44. The topological polar surface area (TPSA) is 23.5 Å². The minimum absolute atomic E-state index is 0.378. The third kappa shape index (κ3) is 1.38.